The highest BCUT2D eigenvalue weighted by atomic mass is 16.6. The fourth-order valence-corrected chi connectivity index (χ4v) is 3.05. The molecule has 22 heavy (non-hydrogen) atoms. The van der Waals surface area contributed by atoms with Gasteiger partial charge in [-0.25, -0.2) is 4.68 Å². The van der Waals surface area contributed by atoms with Crippen LogP contribution in [0.1, 0.15) is 32.4 Å². The predicted octanol–water partition coefficient (Wildman–Crippen LogP) is 1.24. The molecule has 1 fully saturated rings. The van der Waals surface area contributed by atoms with Crippen LogP contribution in [0, 0.1) is 16.0 Å². The van der Waals surface area contributed by atoms with E-state index in [1.54, 1.807) is 11.7 Å². The van der Waals surface area contributed by atoms with Crippen molar-refractivity contribution in [2.75, 3.05) is 24.5 Å². The Bertz CT molecular complexity index is 569. The zero-order valence-corrected chi connectivity index (χ0v) is 13.3. The van der Waals surface area contributed by atoms with Crippen molar-refractivity contribution in [3.8, 4) is 0 Å². The Morgan fingerprint density at radius 2 is 2.27 bits per heavy atom. The van der Waals surface area contributed by atoms with E-state index in [0.29, 0.717) is 36.9 Å². The second kappa shape index (κ2) is 6.76. The molecule has 0 radical (unpaired) electrons. The Morgan fingerprint density at radius 1 is 1.55 bits per heavy atom. The lowest BCUT2D eigenvalue weighted by atomic mass is 9.98. The van der Waals surface area contributed by atoms with Crippen LogP contribution in [0.15, 0.2) is 0 Å². The maximum absolute atomic E-state index is 11.4. The van der Waals surface area contributed by atoms with E-state index >= 15 is 0 Å². The third kappa shape index (κ3) is 3.37. The lowest BCUT2D eigenvalue weighted by Gasteiger charge is -2.33. The summed E-state index contributed by atoms with van der Waals surface area (Å²) in [4.78, 5) is 24.2. The number of nitrogens with one attached hydrogen (secondary N) is 1. The third-order valence-electron chi connectivity index (χ3n) is 4.04. The van der Waals surface area contributed by atoms with Crippen LogP contribution >= 0.6 is 0 Å². The van der Waals surface area contributed by atoms with E-state index in [1.807, 2.05) is 11.8 Å². The average Bonchev–Trinajstić information content (AvgIpc) is 2.82. The lowest BCUT2D eigenvalue weighted by molar-refractivity contribution is -0.384. The molecule has 0 aromatic carbocycles. The number of hydrogen-bond acceptors (Lipinski definition) is 5. The highest BCUT2D eigenvalue weighted by Crippen LogP contribution is 2.34. The predicted molar refractivity (Wildman–Crippen MR) is 82.9 cm³/mol. The summed E-state index contributed by atoms with van der Waals surface area (Å²) in [7, 11) is 1.75. The molecule has 1 unspecified atom stereocenters. The molecule has 0 aliphatic carbocycles. The Morgan fingerprint density at radius 3 is 2.86 bits per heavy atom. The van der Waals surface area contributed by atoms with Crippen LogP contribution < -0.4 is 10.2 Å². The van der Waals surface area contributed by atoms with Gasteiger partial charge in [0.05, 0.1) is 4.92 Å². The summed E-state index contributed by atoms with van der Waals surface area (Å²) >= 11 is 0. The van der Waals surface area contributed by atoms with Crippen molar-refractivity contribution in [1.82, 2.24) is 15.1 Å². The Balaban J connectivity index is 2.22. The van der Waals surface area contributed by atoms with Gasteiger partial charge in [0.2, 0.25) is 11.7 Å². The number of piperidine rings is 1. The normalized spacial score (nSPS) is 18.3. The van der Waals surface area contributed by atoms with Crippen molar-refractivity contribution >= 4 is 17.4 Å². The molecule has 1 aromatic heterocycles. The van der Waals surface area contributed by atoms with Gasteiger partial charge in [-0.05, 0) is 25.2 Å². The molecular formula is C14H23N5O3. The summed E-state index contributed by atoms with van der Waals surface area (Å²) in [5.41, 5.74) is 0.636. The number of aromatic nitrogens is 2. The lowest BCUT2D eigenvalue weighted by Crippen LogP contribution is -2.41. The summed E-state index contributed by atoms with van der Waals surface area (Å²) in [6, 6.07) is 0. The maximum atomic E-state index is 11.4. The number of hydrogen-bond donors (Lipinski definition) is 1. The molecule has 0 bridgehead atoms. The van der Waals surface area contributed by atoms with E-state index < -0.39 is 0 Å². The first kappa shape index (κ1) is 16.3. The number of carbonyl (C=O) groups excluding carboxylic acids is 1. The zero-order valence-electron chi connectivity index (χ0n) is 13.3. The molecule has 1 saturated heterocycles. The number of nitro groups is 1. The van der Waals surface area contributed by atoms with Gasteiger partial charge in [0, 0.05) is 33.6 Å². The molecule has 1 aliphatic heterocycles. The first-order valence-electron chi connectivity index (χ1n) is 7.63. The fourth-order valence-electron chi connectivity index (χ4n) is 3.05. The van der Waals surface area contributed by atoms with E-state index in [1.165, 1.54) is 6.92 Å². The maximum Gasteiger partial charge on any atom is 0.334 e. The van der Waals surface area contributed by atoms with Crippen LogP contribution in [0.3, 0.4) is 0 Å². The summed E-state index contributed by atoms with van der Waals surface area (Å²) < 4.78 is 1.61. The minimum atomic E-state index is -0.335. The second-order valence-electron chi connectivity index (χ2n) is 5.74. The molecule has 1 aromatic rings. The summed E-state index contributed by atoms with van der Waals surface area (Å²) in [5.74, 6) is 0.837. The van der Waals surface area contributed by atoms with Gasteiger partial charge in [0.1, 0.15) is 5.69 Å². The van der Waals surface area contributed by atoms with Crippen LogP contribution in [0.2, 0.25) is 0 Å². The van der Waals surface area contributed by atoms with Crippen LogP contribution in [-0.4, -0.2) is 40.2 Å². The highest BCUT2D eigenvalue weighted by molar-refractivity contribution is 5.72. The third-order valence-corrected chi connectivity index (χ3v) is 4.04. The minimum Gasteiger partial charge on any atom is -0.356 e. The molecule has 1 atom stereocenters. The molecule has 2 heterocycles. The van der Waals surface area contributed by atoms with E-state index in [2.05, 4.69) is 10.4 Å². The number of amides is 1. The van der Waals surface area contributed by atoms with Crippen molar-refractivity contribution in [3.05, 3.63) is 15.8 Å². The topological polar surface area (TPSA) is 93.3 Å². The summed E-state index contributed by atoms with van der Waals surface area (Å²) in [6.07, 6.45) is 2.50. The molecule has 2 rings (SSSR count). The van der Waals surface area contributed by atoms with E-state index in [9.17, 15) is 14.9 Å². The van der Waals surface area contributed by atoms with Crippen molar-refractivity contribution in [1.29, 1.82) is 0 Å². The van der Waals surface area contributed by atoms with Crippen LogP contribution in [-0.2, 0) is 18.3 Å². The molecule has 1 aliphatic rings. The van der Waals surface area contributed by atoms with Crippen LogP contribution in [0.5, 0.6) is 0 Å². The van der Waals surface area contributed by atoms with Gasteiger partial charge in [-0.15, -0.1) is 0 Å². The Kier molecular flexibility index (Phi) is 4.99. The highest BCUT2D eigenvalue weighted by Gasteiger charge is 2.32. The zero-order chi connectivity index (χ0) is 16.3. The minimum absolute atomic E-state index is 0.0445. The van der Waals surface area contributed by atoms with E-state index in [0.717, 1.165) is 19.4 Å². The Labute approximate surface area is 129 Å². The Hall–Kier alpha value is -2.12. The largest absolute Gasteiger partial charge is 0.356 e. The van der Waals surface area contributed by atoms with E-state index in [4.69, 9.17) is 0 Å². The second-order valence-corrected chi connectivity index (χ2v) is 5.74. The molecule has 122 valence electrons. The monoisotopic (exact) mass is 309 g/mol. The fraction of sp³-hybridized carbons (Fsp3) is 0.714. The van der Waals surface area contributed by atoms with Crippen molar-refractivity contribution < 1.29 is 9.72 Å². The standard InChI is InChI=1S/C14H23N5O3/c1-4-12-13(19(21)22)14(17(3)16-12)18-7-5-6-11(9-18)8-15-10(2)20/h11H,4-9H2,1-3H3,(H,15,20). The smallest absolute Gasteiger partial charge is 0.334 e. The molecule has 8 heteroatoms. The molecule has 1 N–H and O–H groups in total. The van der Waals surface area contributed by atoms with Crippen LogP contribution in [0.4, 0.5) is 11.5 Å². The van der Waals surface area contributed by atoms with Gasteiger partial charge in [-0.3, -0.25) is 14.9 Å². The van der Waals surface area contributed by atoms with Crippen molar-refractivity contribution in [2.45, 2.75) is 33.1 Å². The van der Waals surface area contributed by atoms with E-state index in [-0.39, 0.29) is 16.5 Å². The molecule has 1 amide bonds. The summed E-state index contributed by atoms with van der Waals surface area (Å²) in [6.45, 7) is 5.46. The molecule has 8 nitrogen and oxygen atoms in total. The van der Waals surface area contributed by atoms with Gasteiger partial charge in [0.15, 0.2) is 0 Å². The summed E-state index contributed by atoms with van der Waals surface area (Å²) in [5, 5.41) is 18.5. The molecule has 0 spiro atoms. The SMILES string of the molecule is CCc1nn(C)c(N2CCCC(CNC(C)=O)C2)c1[N+](=O)[O-]. The number of carbonyl (C=O) groups is 1. The quantitative estimate of drug-likeness (QED) is 0.652. The number of nitrogens with zero attached hydrogens (tertiary/aromatic N) is 4. The van der Waals surface area contributed by atoms with Gasteiger partial charge >= 0.3 is 5.69 Å². The number of anilines is 1. The first-order valence-corrected chi connectivity index (χ1v) is 7.63. The number of rotatable bonds is 5. The number of aryl methyl sites for hydroxylation is 2. The van der Waals surface area contributed by atoms with Crippen molar-refractivity contribution in [3.63, 3.8) is 0 Å². The average molecular weight is 309 g/mol. The van der Waals surface area contributed by atoms with Gasteiger partial charge in [-0.1, -0.05) is 6.92 Å². The first-order chi connectivity index (χ1) is 10.4. The molecular weight excluding hydrogens is 286 g/mol. The van der Waals surface area contributed by atoms with Gasteiger partial charge < -0.3 is 10.2 Å². The van der Waals surface area contributed by atoms with Gasteiger partial charge in [0.25, 0.3) is 0 Å². The van der Waals surface area contributed by atoms with Gasteiger partial charge in [-0.2, -0.15) is 5.10 Å². The van der Waals surface area contributed by atoms with Crippen molar-refractivity contribution in [2.24, 2.45) is 13.0 Å². The van der Waals surface area contributed by atoms with Crippen LogP contribution in [0.25, 0.3) is 0 Å². The molecule has 0 saturated carbocycles.